The maximum atomic E-state index is 14.5. The molecule has 2 rings (SSSR count). The lowest BCUT2D eigenvalue weighted by Crippen LogP contribution is -2.50. The molecule has 1 aromatic carbocycles. The maximum absolute atomic E-state index is 14.5. The molecule has 0 spiro atoms. The molecule has 0 saturated heterocycles. The van der Waals surface area contributed by atoms with E-state index in [2.05, 4.69) is 6.58 Å². The van der Waals surface area contributed by atoms with Crippen LogP contribution in [0.4, 0.5) is 26.3 Å². The van der Waals surface area contributed by atoms with Gasteiger partial charge in [0.1, 0.15) is 17.4 Å². The predicted molar refractivity (Wildman–Crippen MR) is 90.3 cm³/mol. The zero-order chi connectivity index (χ0) is 21.3. The molecule has 154 valence electrons. The number of hydrogen-bond acceptors (Lipinski definition) is 2. The Kier molecular flexibility index (Phi) is 5.98. The first-order chi connectivity index (χ1) is 12.8. The van der Waals surface area contributed by atoms with Gasteiger partial charge in [-0.25, -0.2) is 13.2 Å². The van der Waals surface area contributed by atoms with E-state index in [0.717, 1.165) is 24.3 Å². The number of halogens is 6. The van der Waals surface area contributed by atoms with Gasteiger partial charge in [-0.1, -0.05) is 36.4 Å². The lowest BCUT2D eigenvalue weighted by molar-refractivity contribution is -0.167. The van der Waals surface area contributed by atoms with E-state index in [9.17, 15) is 36.2 Å². The van der Waals surface area contributed by atoms with Crippen LogP contribution in [0.1, 0.15) is 31.4 Å². The van der Waals surface area contributed by atoms with Gasteiger partial charge in [0.2, 0.25) is 0 Å². The molecule has 2 unspecified atom stereocenters. The Morgan fingerprint density at radius 1 is 1.32 bits per heavy atom. The van der Waals surface area contributed by atoms with Crippen molar-refractivity contribution in [2.24, 2.45) is 5.92 Å². The van der Waals surface area contributed by atoms with Gasteiger partial charge in [-0.3, -0.25) is 10.1 Å². The highest BCUT2D eigenvalue weighted by molar-refractivity contribution is 5.83. The quantitative estimate of drug-likeness (QED) is 0.470. The summed E-state index contributed by atoms with van der Waals surface area (Å²) in [6.07, 6.45) is -3.82. The third-order valence-electron chi connectivity index (χ3n) is 4.70. The Balaban J connectivity index is 2.33. The summed E-state index contributed by atoms with van der Waals surface area (Å²) in [5.74, 6) is -7.93. The van der Waals surface area contributed by atoms with Crippen molar-refractivity contribution in [3.63, 3.8) is 0 Å². The molecule has 9 heteroatoms. The van der Waals surface area contributed by atoms with Crippen LogP contribution >= 0.6 is 0 Å². The highest BCUT2D eigenvalue weighted by Gasteiger charge is 2.71. The largest absolute Gasteiger partial charge is 0.480 e. The zero-order valence-electron chi connectivity index (χ0n) is 14.9. The summed E-state index contributed by atoms with van der Waals surface area (Å²) in [7, 11) is 0. The molecule has 3 nitrogen and oxygen atoms in total. The maximum Gasteiger partial charge on any atom is 0.407 e. The molecule has 1 aliphatic rings. The van der Waals surface area contributed by atoms with Crippen LogP contribution in [0.2, 0.25) is 0 Å². The second-order valence-electron chi connectivity index (χ2n) is 6.89. The summed E-state index contributed by atoms with van der Waals surface area (Å²) in [6, 6.07) is 0.706. The number of alkyl halides is 5. The van der Waals surface area contributed by atoms with Gasteiger partial charge in [0.05, 0.1) is 5.92 Å². The minimum Gasteiger partial charge on any atom is -0.480 e. The Labute approximate surface area is 157 Å². The fourth-order valence-electron chi connectivity index (χ4n) is 3.25. The fourth-order valence-corrected chi connectivity index (χ4v) is 3.25. The van der Waals surface area contributed by atoms with Gasteiger partial charge < -0.3 is 5.11 Å². The van der Waals surface area contributed by atoms with Gasteiger partial charge in [0, 0.05) is 6.42 Å². The highest BCUT2D eigenvalue weighted by Crippen LogP contribution is 2.56. The summed E-state index contributed by atoms with van der Waals surface area (Å²) in [4.78, 5) is 11.6. The normalized spacial score (nSPS) is 24.0. The van der Waals surface area contributed by atoms with Gasteiger partial charge >= 0.3 is 12.1 Å². The Morgan fingerprint density at radius 2 is 1.89 bits per heavy atom. The predicted octanol–water partition coefficient (Wildman–Crippen LogP) is 5.02. The third kappa shape index (κ3) is 4.57. The molecule has 2 N–H and O–H groups in total. The number of aliphatic carboxylic acids is 1. The molecule has 0 aliphatic heterocycles. The Bertz CT molecular complexity index is 772. The first kappa shape index (κ1) is 22.0. The minimum absolute atomic E-state index is 0.220. The SMILES string of the molecule is C=C/C=C(\C)CC(F)(F)C1CC1(N[C@@H](c1ccc(F)cc1)C(F)(F)F)C(=O)O. The van der Waals surface area contributed by atoms with Gasteiger partial charge in [-0.2, -0.15) is 13.2 Å². The van der Waals surface area contributed by atoms with Crippen LogP contribution in [0, 0.1) is 11.7 Å². The molecule has 1 aliphatic carbocycles. The molecule has 0 bridgehead atoms. The molecule has 0 aromatic heterocycles. The monoisotopic (exact) mass is 407 g/mol. The zero-order valence-corrected chi connectivity index (χ0v) is 14.9. The molecular weight excluding hydrogens is 388 g/mol. The summed E-state index contributed by atoms with van der Waals surface area (Å²) < 4.78 is 82.6. The van der Waals surface area contributed by atoms with Crippen LogP contribution < -0.4 is 5.32 Å². The van der Waals surface area contributed by atoms with E-state index < -0.39 is 59.8 Å². The number of allylic oxidation sites excluding steroid dienone is 3. The van der Waals surface area contributed by atoms with E-state index in [-0.39, 0.29) is 5.57 Å². The molecule has 0 radical (unpaired) electrons. The van der Waals surface area contributed by atoms with Gasteiger partial charge in [-0.15, -0.1) is 0 Å². The van der Waals surface area contributed by atoms with Crippen molar-refractivity contribution in [2.45, 2.75) is 43.4 Å². The third-order valence-corrected chi connectivity index (χ3v) is 4.70. The standard InChI is InChI=1S/C19H19F6NO2/c1-3-4-11(2)9-18(21,22)14-10-17(14,16(27)28)26-15(19(23,24)25)12-5-7-13(20)8-6-12/h3-8,14-15,26H,1,9-10H2,2H3,(H,27,28)/b11-4+/t14?,15-,17?/m0/s1. The minimum atomic E-state index is -4.97. The second-order valence-corrected chi connectivity index (χ2v) is 6.89. The summed E-state index contributed by atoms with van der Waals surface area (Å²) in [6.45, 7) is 4.77. The fraction of sp³-hybridized carbons (Fsp3) is 0.421. The van der Waals surface area contributed by atoms with Crippen LogP contribution in [-0.4, -0.2) is 28.7 Å². The molecule has 1 saturated carbocycles. The molecule has 0 amide bonds. The van der Waals surface area contributed by atoms with Crippen LogP contribution in [-0.2, 0) is 4.79 Å². The molecule has 1 aromatic rings. The lowest BCUT2D eigenvalue weighted by atomic mass is 9.99. The van der Waals surface area contributed by atoms with Gasteiger partial charge in [-0.05, 0) is 31.0 Å². The smallest absolute Gasteiger partial charge is 0.407 e. The van der Waals surface area contributed by atoms with Gasteiger partial charge in [0.25, 0.3) is 5.92 Å². The number of carboxylic acids is 1. The summed E-state index contributed by atoms with van der Waals surface area (Å²) >= 11 is 0. The first-order valence-corrected chi connectivity index (χ1v) is 8.33. The van der Waals surface area contributed by atoms with E-state index in [1.807, 2.05) is 5.32 Å². The Hall–Kier alpha value is -2.29. The van der Waals surface area contributed by atoms with Crippen molar-refractivity contribution < 1.29 is 36.2 Å². The topological polar surface area (TPSA) is 49.3 Å². The number of rotatable bonds is 8. The summed E-state index contributed by atoms with van der Waals surface area (Å²) in [5.41, 5.74) is -2.68. The highest BCUT2D eigenvalue weighted by atomic mass is 19.4. The molecule has 1 fully saturated rings. The number of benzene rings is 1. The van der Waals surface area contributed by atoms with E-state index in [1.54, 1.807) is 0 Å². The van der Waals surface area contributed by atoms with E-state index in [1.165, 1.54) is 19.1 Å². The van der Waals surface area contributed by atoms with Crippen LogP contribution in [0.15, 0.2) is 48.6 Å². The van der Waals surface area contributed by atoms with Crippen molar-refractivity contribution in [3.8, 4) is 0 Å². The van der Waals surface area contributed by atoms with Gasteiger partial charge in [0.15, 0.2) is 0 Å². The molecule has 0 heterocycles. The van der Waals surface area contributed by atoms with Crippen molar-refractivity contribution in [1.82, 2.24) is 5.32 Å². The van der Waals surface area contributed by atoms with Crippen LogP contribution in [0.5, 0.6) is 0 Å². The molecular formula is C19H19F6NO2. The van der Waals surface area contributed by atoms with Crippen LogP contribution in [0.3, 0.4) is 0 Å². The number of nitrogens with one attached hydrogen (secondary N) is 1. The van der Waals surface area contributed by atoms with Crippen molar-refractivity contribution in [2.75, 3.05) is 0 Å². The van der Waals surface area contributed by atoms with Crippen molar-refractivity contribution in [1.29, 1.82) is 0 Å². The molecule has 3 atom stereocenters. The first-order valence-electron chi connectivity index (χ1n) is 8.33. The van der Waals surface area contributed by atoms with E-state index in [0.29, 0.717) is 0 Å². The number of carboxylic acid groups (broad SMARTS) is 1. The second kappa shape index (κ2) is 7.62. The van der Waals surface area contributed by atoms with Crippen LogP contribution in [0.25, 0.3) is 0 Å². The number of carbonyl (C=O) groups is 1. The average molecular weight is 407 g/mol. The molecule has 28 heavy (non-hydrogen) atoms. The van der Waals surface area contributed by atoms with E-state index in [4.69, 9.17) is 0 Å². The number of hydrogen-bond donors (Lipinski definition) is 2. The van der Waals surface area contributed by atoms with Crippen molar-refractivity contribution in [3.05, 3.63) is 60.0 Å². The van der Waals surface area contributed by atoms with Crippen molar-refractivity contribution >= 4 is 5.97 Å². The lowest BCUT2D eigenvalue weighted by Gasteiger charge is -2.28. The van der Waals surface area contributed by atoms with E-state index >= 15 is 0 Å². The summed E-state index contributed by atoms with van der Waals surface area (Å²) in [5, 5.41) is 11.3. The Morgan fingerprint density at radius 3 is 2.36 bits per heavy atom. The average Bonchev–Trinajstić information content (AvgIpc) is 3.29.